The Balaban J connectivity index is 1.38. The van der Waals surface area contributed by atoms with Crippen molar-refractivity contribution in [1.29, 1.82) is 0 Å². The highest BCUT2D eigenvalue weighted by atomic mass is 32.2. The first-order valence-corrected chi connectivity index (χ1v) is 15.0. The van der Waals surface area contributed by atoms with Gasteiger partial charge in [-0.05, 0) is 61.8 Å². The molecule has 6 rings (SSSR count). The molecule has 1 saturated heterocycles. The highest BCUT2D eigenvalue weighted by molar-refractivity contribution is 8.26. The molecule has 1 aliphatic heterocycles. The number of aliphatic hydroxyl groups excluding tert-OH is 1. The number of halogens is 3. The van der Waals surface area contributed by atoms with Crippen LogP contribution >= 0.6 is 11.8 Å². The Kier molecular flexibility index (Phi) is 6.88. The molecule has 0 radical (unpaired) electrons. The molecule has 1 aromatic rings. The molecule has 1 N–H and O–H groups in total. The van der Waals surface area contributed by atoms with Crippen molar-refractivity contribution < 1.29 is 42.1 Å². The molecule has 1 amide bonds. The number of fused-ring (bicyclic) bond motifs is 7. The summed E-state index contributed by atoms with van der Waals surface area (Å²) in [5, 5.41) is 10.8. The number of nitrogens with zero attached hydrogens (tertiary/aromatic N) is 1. The number of hydrogen-bond donors (Lipinski definition) is 1. The third-order valence-electron chi connectivity index (χ3n) is 10.6. The van der Waals surface area contributed by atoms with Gasteiger partial charge in [-0.2, -0.15) is 13.2 Å². The summed E-state index contributed by atoms with van der Waals surface area (Å²) in [6.45, 7) is 3.97. The van der Waals surface area contributed by atoms with E-state index in [0.29, 0.717) is 36.6 Å². The van der Waals surface area contributed by atoms with E-state index in [0.717, 1.165) is 17.7 Å². The molecule has 0 spiro atoms. The maximum absolute atomic E-state index is 14.2. The van der Waals surface area contributed by atoms with Gasteiger partial charge in [0.2, 0.25) is 5.12 Å². The smallest absolute Gasteiger partial charge is 0.393 e. The number of alkyl halides is 3. The Morgan fingerprint density at radius 2 is 1.83 bits per heavy atom. The molecule has 0 bridgehead atoms. The van der Waals surface area contributed by atoms with Crippen LogP contribution in [0.1, 0.15) is 56.9 Å². The Labute approximate surface area is 246 Å². The average Bonchev–Trinajstić information content (AvgIpc) is 3.41. The summed E-state index contributed by atoms with van der Waals surface area (Å²) in [6.07, 6.45) is -0.0553. The minimum Gasteiger partial charge on any atom is -0.393 e. The number of ether oxygens (including phenoxy) is 2. The maximum atomic E-state index is 14.2. The van der Waals surface area contributed by atoms with Gasteiger partial charge in [0.15, 0.2) is 17.7 Å². The van der Waals surface area contributed by atoms with Crippen molar-refractivity contribution in [3.05, 3.63) is 59.2 Å². The van der Waals surface area contributed by atoms with E-state index in [2.05, 4.69) is 6.92 Å². The summed E-state index contributed by atoms with van der Waals surface area (Å²) in [6, 6.07) is 4.46. The van der Waals surface area contributed by atoms with Crippen LogP contribution in [0, 0.1) is 28.6 Å². The van der Waals surface area contributed by atoms with E-state index >= 15 is 0 Å². The number of amides is 1. The molecule has 9 atom stereocenters. The zero-order valence-electron chi connectivity index (χ0n) is 23.8. The van der Waals surface area contributed by atoms with E-state index in [-0.39, 0.29) is 30.0 Å². The summed E-state index contributed by atoms with van der Waals surface area (Å²) < 4.78 is 52.5. The highest BCUT2D eigenvalue weighted by Crippen LogP contribution is 2.71. The Morgan fingerprint density at radius 1 is 1.14 bits per heavy atom. The van der Waals surface area contributed by atoms with Crippen molar-refractivity contribution in [2.45, 2.75) is 69.8 Å². The second-order valence-corrected chi connectivity index (χ2v) is 13.9. The fourth-order valence-electron chi connectivity index (χ4n) is 8.64. The molecule has 3 saturated carbocycles. The van der Waals surface area contributed by atoms with Gasteiger partial charge in [-0.1, -0.05) is 37.6 Å². The summed E-state index contributed by atoms with van der Waals surface area (Å²) in [4.78, 5) is 40.4. The van der Waals surface area contributed by atoms with Crippen molar-refractivity contribution in [3.8, 4) is 0 Å². The van der Waals surface area contributed by atoms with E-state index in [1.165, 1.54) is 17.0 Å². The van der Waals surface area contributed by atoms with Gasteiger partial charge in [-0.15, -0.1) is 0 Å². The number of carbonyl (C=O) groups excluding carboxylic acids is 3. The topological polar surface area (TPSA) is 93.1 Å². The van der Waals surface area contributed by atoms with Gasteiger partial charge in [0, 0.05) is 48.2 Å². The largest absolute Gasteiger partial charge is 0.416 e. The summed E-state index contributed by atoms with van der Waals surface area (Å²) >= 11 is 0.533. The number of allylic oxidation sites excluding steroid dienone is 4. The Bertz CT molecular complexity index is 1390. The number of carbonyl (C=O) groups is 3. The molecule has 5 aliphatic rings. The summed E-state index contributed by atoms with van der Waals surface area (Å²) in [7, 11) is 3.08. The highest BCUT2D eigenvalue weighted by Gasteiger charge is 2.76. The molecule has 1 heterocycles. The minimum atomic E-state index is -4.51. The van der Waals surface area contributed by atoms with Gasteiger partial charge in [0.05, 0.1) is 17.8 Å². The first-order valence-electron chi connectivity index (χ1n) is 14.2. The summed E-state index contributed by atoms with van der Waals surface area (Å²) in [5.41, 5.74) is -2.52. The van der Waals surface area contributed by atoms with Crippen LogP contribution in [0.5, 0.6) is 0 Å². The van der Waals surface area contributed by atoms with Crippen LogP contribution < -0.4 is 0 Å². The molecular formula is C31H34F3NO6S. The van der Waals surface area contributed by atoms with Crippen molar-refractivity contribution >= 4 is 27.9 Å². The zero-order valence-corrected chi connectivity index (χ0v) is 24.6. The molecule has 1 aromatic carbocycles. The quantitative estimate of drug-likeness (QED) is 0.463. The second kappa shape index (κ2) is 9.77. The standard InChI is InChI=1S/C31H34F3NO6S/c1-28-12-11-19(36)13-18(28)9-10-20-21-14-23-30(26(38)42-27(39)35(3)4,29(21,2)15-22(37)24(20)28)41-25(40-23)16-5-7-17(8-6-16)31(32,33)34/h5-8,11-13,20-25,37H,9-10,14-15H2,1-4H3/t20-,21-,22-,23+,24+,25?,28-,29-,30-/m0/s1. The van der Waals surface area contributed by atoms with Gasteiger partial charge in [-0.3, -0.25) is 14.4 Å². The predicted octanol–water partition coefficient (Wildman–Crippen LogP) is 5.69. The molecule has 4 fully saturated rings. The fourth-order valence-corrected chi connectivity index (χ4v) is 9.55. The fraction of sp³-hybridized carbons (Fsp3) is 0.581. The lowest BCUT2D eigenvalue weighted by Crippen LogP contribution is -2.62. The molecular weight excluding hydrogens is 571 g/mol. The molecule has 226 valence electrons. The van der Waals surface area contributed by atoms with Crippen LogP contribution in [0.2, 0.25) is 0 Å². The van der Waals surface area contributed by atoms with Gasteiger partial charge >= 0.3 is 6.18 Å². The van der Waals surface area contributed by atoms with Crippen LogP contribution in [0.4, 0.5) is 18.0 Å². The third kappa shape index (κ3) is 4.17. The molecule has 1 unspecified atom stereocenters. The van der Waals surface area contributed by atoms with E-state index in [1.807, 2.05) is 13.0 Å². The van der Waals surface area contributed by atoms with Crippen LogP contribution in [0.3, 0.4) is 0 Å². The van der Waals surface area contributed by atoms with Gasteiger partial charge in [-0.25, -0.2) is 0 Å². The van der Waals surface area contributed by atoms with E-state index in [4.69, 9.17) is 9.47 Å². The van der Waals surface area contributed by atoms with Crippen LogP contribution in [0.15, 0.2) is 48.1 Å². The van der Waals surface area contributed by atoms with E-state index < -0.39 is 57.0 Å². The molecule has 7 nitrogen and oxygen atoms in total. The van der Waals surface area contributed by atoms with Crippen molar-refractivity contribution in [1.82, 2.24) is 4.90 Å². The van der Waals surface area contributed by atoms with Gasteiger partial charge in [0.1, 0.15) is 0 Å². The van der Waals surface area contributed by atoms with Crippen molar-refractivity contribution in [2.24, 2.45) is 28.6 Å². The Morgan fingerprint density at radius 3 is 2.48 bits per heavy atom. The molecule has 4 aliphatic carbocycles. The number of hydrogen-bond acceptors (Lipinski definition) is 7. The first-order chi connectivity index (χ1) is 19.6. The lowest BCUT2D eigenvalue weighted by Gasteiger charge is -2.59. The number of thioether (sulfide) groups is 1. The van der Waals surface area contributed by atoms with Crippen LogP contribution in [-0.4, -0.2) is 58.0 Å². The van der Waals surface area contributed by atoms with Crippen molar-refractivity contribution in [3.63, 3.8) is 0 Å². The average molecular weight is 606 g/mol. The minimum absolute atomic E-state index is 0.0136. The lowest BCUT2D eigenvalue weighted by atomic mass is 9.46. The number of rotatable bonds is 2. The first kappa shape index (κ1) is 29.6. The lowest BCUT2D eigenvalue weighted by molar-refractivity contribution is -0.194. The summed E-state index contributed by atoms with van der Waals surface area (Å²) in [5.74, 6) is -0.365. The maximum Gasteiger partial charge on any atom is 0.416 e. The second-order valence-electron chi connectivity index (χ2n) is 12.9. The predicted molar refractivity (Wildman–Crippen MR) is 148 cm³/mol. The molecule has 11 heteroatoms. The monoisotopic (exact) mass is 605 g/mol. The Hall–Kier alpha value is -2.47. The SMILES string of the molecule is CN(C)C(=O)SC(=O)[C@@]12OC(c3ccc(C(F)(F)F)cc3)O[C@@H]1C[C@H]1[C@@H]3CCC4=CC(=O)C=C[C@]4(C)[C@H]3[C@@H](O)C[C@@]12C. The van der Waals surface area contributed by atoms with Crippen molar-refractivity contribution in [2.75, 3.05) is 14.1 Å². The zero-order chi connectivity index (χ0) is 30.4. The normalized spacial score (nSPS) is 40.5. The number of benzene rings is 1. The van der Waals surface area contributed by atoms with Gasteiger partial charge in [0.25, 0.3) is 5.24 Å². The molecule has 0 aromatic heterocycles. The van der Waals surface area contributed by atoms with E-state index in [9.17, 15) is 32.7 Å². The van der Waals surface area contributed by atoms with E-state index in [1.54, 1.807) is 26.2 Å². The van der Waals surface area contributed by atoms with Crippen LogP contribution in [-0.2, 0) is 25.2 Å². The molecule has 42 heavy (non-hydrogen) atoms. The van der Waals surface area contributed by atoms with Crippen LogP contribution in [0.25, 0.3) is 0 Å². The van der Waals surface area contributed by atoms with Gasteiger partial charge < -0.3 is 19.5 Å². The number of aliphatic hydroxyl groups is 1. The number of ketones is 1. The third-order valence-corrected chi connectivity index (χ3v) is 11.6.